The quantitative estimate of drug-likeness (QED) is 0.465. The van der Waals surface area contributed by atoms with Crippen LogP contribution in [0.15, 0.2) is 0 Å². The minimum Gasteiger partial charge on any atom is -0.462 e. The number of nitrogens with zero attached hydrogens (tertiary/aromatic N) is 1. The Morgan fingerprint density at radius 3 is 1.73 bits per heavy atom. The van der Waals surface area contributed by atoms with Gasteiger partial charge in [0.2, 0.25) is 6.10 Å². The van der Waals surface area contributed by atoms with Crippen molar-refractivity contribution in [3.8, 4) is 6.07 Å². The predicted molar refractivity (Wildman–Crippen MR) is 68.9 cm³/mol. The van der Waals surface area contributed by atoms with Crippen molar-refractivity contribution >= 4 is 23.9 Å². The van der Waals surface area contributed by atoms with Crippen LogP contribution in [-0.4, -0.2) is 48.8 Å². The van der Waals surface area contributed by atoms with Crippen molar-refractivity contribution in [2.24, 2.45) is 0 Å². The number of nitriles is 1. The Balaban J connectivity index is 5.36. The molecule has 0 aliphatic carbocycles. The van der Waals surface area contributed by atoms with Gasteiger partial charge in [0, 0.05) is 27.7 Å². The van der Waals surface area contributed by atoms with Crippen molar-refractivity contribution in [3.63, 3.8) is 0 Å². The molecule has 9 heteroatoms. The van der Waals surface area contributed by atoms with Crippen LogP contribution in [0.3, 0.4) is 0 Å². The van der Waals surface area contributed by atoms with Crippen LogP contribution in [0.1, 0.15) is 27.7 Å². The van der Waals surface area contributed by atoms with E-state index >= 15 is 0 Å². The second kappa shape index (κ2) is 9.33. The van der Waals surface area contributed by atoms with Crippen LogP contribution in [0.2, 0.25) is 0 Å². The summed E-state index contributed by atoms with van der Waals surface area (Å²) in [6.07, 6.45) is -4.26. The molecule has 0 bridgehead atoms. The van der Waals surface area contributed by atoms with E-state index in [4.69, 9.17) is 24.2 Å². The largest absolute Gasteiger partial charge is 0.462 e. The molecule has 3 atom stereocenters. The highest BCUT2D eigenvalue weighted by Gasteiger charge is 2.38. The number of ether oxygens (including phenoxy) is 4. The lowest BCUT2D eigenvalue weighted by Gasteiger charge is -2.28. The first-order valence-electron chi connectivity index (χ1n) is 6.22. The van der Waals surface area contributed by atoms with Crippen molar-refractivity contribution in [2.75, 3.05) is 6.61 Å². The monoisotopic (exact) mass is 315 g/mol. The summed E-state index contributed by atoms with van der Waals surface area (Å²) in [5.41, 5.74) is 0. The fraction of sp³-hybridized carbons (Fsp3) is 0.615. The van der Waals surface area contributed by atoms with E-state index in [2.05, 4.69) is 0 Å². The van der Waals surface area contributed by atoms with Gasteiger partial charge in [-0.15, -0.1) is 0 Å². The fourth-order valence-electron chi connectivity index (χ4n) is 1.48. The van der Waals surface area contributed by atoms with Gasteiger partial charge >= 0.3 is 23.9 Å². The summed E-state index contributed by atoms with van der Waals surface area (Å²) < 4.78 is 19.2. The lowest BCUT2D eigenvalue weighted by molar-refractivity contribution is -0.184. The molecule has 0 aromatic rings. The Morgan fingerprint density at radius 2 is 1.36 bits per heavy atom. The third kappa shape index (κ3) is 7.84. The van der Waals surface area contributed by atoms with Gasteiger partial charge in [-0.05, 0) is 0 Å². The highest BCUT2D eigenvalue weighted by Crippen LogP contribution is 2.14. The zero-order valence-electron chi connectivity index (χ0n) is 12.7. The first kappa shape index (κ1) is 19.4. The molecule has 22 heavy (non-hydrogen) atoms. The molecule has 0 radical (unpaired) electrons. The summed E-state index contributed by atoms with van der Waals surface area (Å²) in [6, 6.07) is 1.63. The molecule has 0 fully saturated rings. The topological polar surface area (TPSA) is 129 Å². The van der Waals surface area contributed by atoms with E-state index in [1.54, 1.807) is 6.07 Å². The molecule has 3 unspecified atom stereocenters. The minimum absolute atomic E-state index is 0.466. The van der Waals surface area contributed by atoms with Crippen molar-refractivity contribution in [3.05, 3.63) is 0 Å². The molecular formula is C13H17NO8. The van der Waals surface area contributed by atoms with Crippen LogP contribution in [0.4, 0.5) is 0 Å². The summed E-state index contributed by atoms with van der Waals surface area (Å²) in [6.45, 7) is 3.86. The number of esters is 4. The Labute approximate surface area is 127 Å². The standard InChI is InChI=1S/C13H17NO8/c1-7(15)19-6-12(21-9(3)17)13(22-10(4)18)11(5-14)20-8(2)16/h11-13H,6H2,1-4H3. The first-order valence-corrected chi connectivity index (χ1v) is 6.22. The molecule has 0 N–H and O–H groups in total. The van der Waals surface area contributed by atoms with E-state index < -0.39 is 48.8 Å². The maximum atomic E-state index is 11.2. The number of hydrogen-bond donors (Lipinski definition) is 0. The fourth-order valence-corrected chi connectivity index (χ4v) is 1.48. The van der Waals surface area contributed by atoms with Gasteiger partial charge in [0.1, 0.15) is 12.7 Å². The van der Waals surface area contributed by atoms with E-state index in [1.807, 2.05) is 0 Å². The predicted octanol–water partition coefficient (Wildman–Crippen LogP) is -0.132. The van der Waals surface area contributed by atoms with E-state index in [0.29, 0.717) is 0 Å². The molecule has 0 aliphatic rings. The summed E-state index contributed by atoms with van der Waals surface area (Å²) >= 11 is 0. The van der Waals surface area contributed by atoms with Gasteiger partial charge in [-0.1, -0.05) is 0 Å². The average Bonchev–Trinajstić information content (AvgIpc) is 2.37. The highest BCUT2D eigenvalue weighted by atomic mass is 16.6. The second-order valence-corrected chi connectivity index (χ2v) is 4.18. The van der Waals surface area contributed by atoms with E-state index in [1.165, 1.54) is 0 Å². The summed E-state index contributed by atoms with van der Waals surface area (Å²) in [5, 5.41) is 9.05. The number of hydrogen-bond acceptors (Lipinski definition) is 9. The van der Waals surface area contributed by atoms with Crippen LogP contribution in [-0.2, 0) is 38.1 Å². The number of carbonyl (C=O) groups is 4. The second-order valence-electron chi connectivity index (χ2n) is 4.18. The normalized spacial score (nSPS) is 13.8. The maximum absolute atomic E-state index is 11.2. The van der Waals surface area contributed by atoms with E-state index in [-0.39, 0.29) is 0 Å². The van der Waals surface area contributed by atoms with Crippen LogP contribution in [0, 0.1) is 11.3 Å². The molecule has 0 aromatic heterocycles. The molecule has 0 amide bonds. The van der Waals surface area contributed by atoms with Crippen LogP contribution >= 0.6 is 0 Å². The van der Waals surface area contributed by atoms with Gasteiger partial charge in [0.15, 0.2) is 12.2 Å². The van der Waals surface area contributed by atoms with Crippen LogP contribution in [0.5, 0.6) is 0 Å². The molecule has 0 heterocycles. The Kier molecular flexibility index (Phi) is 8.22. The molecule has 0 saturated heterocycles. The Bertz CT molecular complexity index is 481. The summed E-state index contributed by atoms with van der Waals surface area (Å²) in [5.74, 6) is -3.01. The van der Waals surface area contributed by atoms with E-state index in [0.717, 1.165) is 27.7 Å². The van der Waals surface area contributed by atoms with Crippen molar-refractivity contribution in [1.82, 2.24) is 0 Å². The lowest BCUT2D eigenvalue weighted by atomic mass is 10.1. The molecule has 0 saturated carbocycles. The maximum Gasteiger partial charge on any atom is 0.304 e. The molecular weight excluding hydrogens is 298 g/mol. The van der Waals surface area contributed by atoms with Gasteiger partial charge in [0.25, 0.3) is 0 Å². The zero-order chi connectivity index (χ0) is 17.3. The van der Waals surface area contributed by atoms with Gasteiger partial charge in [-0.3, -0.25) is 19.2 Å². The van der Waals surface area contributed by atoms with Crippen LogP contribution < -0.4 is 0 Å². The Hall–Kier alpha value is -2.63. The Morgan fingerprint density at radius 1 is 0.864 bits per heavy atom. The number of carbonyl (C=O) groups excluding carboxylic acids is 4. The SMILES string of the molecule is CC(=O)OCC(OC(C)=O)C(OC(C)=O)C(C#N)OC(C)=O. The van der Waals surface area contributed by atoms with Gasteiger partial charge in [-0.25, -0.2) is 0 Å². The third-order valence-corrected chi connectivity index (χ3v) is 2.16. The summed E-state index contributed by atoms with van der Waals surface area (Å²) in [4.78, 5) is 44.2. The van der Waals surface area contributed by atoms with Gasteiger partial charge < -0.3 is 18.9 Å². The zero-order valence-corrected chi connectivity index (χ0v) is 12.7. The molecule has 0 spiro atoms. The lowest BCUT2D eigenvalue weighted by Crippen LogP contribution is -2.46. The number of rotatable bonds is 7. The third-order valence-electron chi connectivity index (χ3n) is 2.16. The first-order chi connectivity index (χ1) is 10.2. The molecule has 0 rings (SSSR count). The van der Waals surface area contributed by atoms with Gasteiger partial charge in [-0.2, -0.15) is 5.26 Å². The van der Waals surface area contributed by atoms with Crippen LogP contribution in [0.25, 0.3) is 0 Å². The molecule has 9 nitrogen and oxygen atoms in total. The van der Waals surface area contributed by atoms with E-state index in [9.17, 15) is 19.2 Å². The van der Waals surface area contributed by atoms with Crippen molar-refractivity contribution in [1.29, 1.82) is 5.26 Å². The highest BCUT2D eigenvalue weighted by molar-refractivity contribution is 5.69. The average molecular weight is 315 g/mol. The molecule has 122 valence electrons. The smallest absolute Gasteiger partial charge is 0.304 e. The van der Waals surface area contributed by atoms with Crippen molar-refractivity contribution < 1.29 is 38.1 Å². The molecule has 0 aliphatic heterocycles. The molecule has 0 aromatic carbocycles. The summed E-state index contributed by atoms with van der Waals surface area (Å²) in [7, 11) is 0. The van der Waals surface area contributed by atoms with Crippen molar-refractivity contribution in [2.45, 2.75) is 46.0 Å². The van der Waals surface area contributed by atoms with Gasteiger partial charge in [0.05, 0.1) is 0 Å². The minimum atomic E-state index is -1.53.